The first-order valence-electron chi connectivity index (χ1n) is 8.09. The fourth-order valence-corrected chi connectivity index (χ4v) is 3.46. The molecule has 1 aromatic rings. The number of ether oxygens (including phenoxy) is 2. The van der Waals surface area contributed by atoms with E-state index in [1.165, 1.54) is 25.7 Å². The lowest BCUT2D eigenvalue weighted by Gasteiger charge is -2.37. The van der Waals surface area contributed by atoms with Gasteiger partial charge in [-0.3, -0.25) is 4.68 Å². The van der Waals surface area contributed by atoms with E-state index in [1.54, 1.807) is 20.4 Å². The summed E-state index contributed by atoms with van der Waals surface area (Å²) in [5, 5.41) is 4.44. The summed E-state index contributed by atoms with van der Waals surface area (Å²) in [7, 11) is 3.47. The summed E-state index contributed by atoms with van der Waals surface area (Å²) < 4.78 is 13.4. The van der Waals surface area contributed by atoms with E-state index >= 15 is 0 Å². The molecule has 5 heteroatoms. The normalized spacial score (nSPS) is 20.0. The molecule has 1 heterocycles. The van der Waals surface area contributed by atoms with E-state index < -0.39 is 0 Å². The number of nitrogens with two attached hydrogens (primary N) is 1. The molecule has 1 aliphatic rings. The molecule has 1 atom stereocenters. The van der Waals surface area contributed by atoms with Gasteiger partial charge in [-0.25, -0.2) is 0 Å². The molecular weight excluding hydrogens is 266 g/mol. The van der Waals surface area contributed by atoms with Gasteiger partial charge in [0.2, 0.25) is 0 Å². The lowest BCUT2D eigenvalue weighted by molar-refractivity contribution is -0.0465. The van der Waals surface area contributed by atoms with Gasteiger partial charge in [0.25, 0.3) is 0 Å². The maximum Gasteiger partial charge on any atom is 0.161 e. The summed E-state index contributed by atoms with van der Waals surface area (Å²) in [6.45, 7) is 2.99. The average Bonchev–Trinajstić information content (AvgIpc) is 2.75. The molecule has 0 saturated heterocycles. The van der Waals surface area contributed by atoms with Gasteiger partial charge in [-0.15, -0.1) is 0 Å². The summed E-state index contributed by atoms with van der Waals surface area (Å²) in [5.41, 5.74) is 7.35. The van der Waals surface area contributed by atoms with E-state index in [2.05, 4.69) is 12.0 Å². The predicted octanol–water partition coefficient (Wildman–Crippen LogP) is 3.04. The molecule has 0 spiro atoms. The smallest absolute Gasteiger partial charge is 0.161 e. The zero-order valence-corrected chi connectivity index (χ0v) is 13.6. The van der Waals surface area contributed by atoms with Crippen LogP contribution in [0.15, 0.2) is 6.20 Å². The second-order valence-corrected chi connectivity index (χ2v) is 5.98. The SMILES string of the molecule is CCCn1ncc(OC)c1C(N)C1(OC)CCCCCC1. The van der Waals surface area contributed by atoms with E-state index in [1.807, 2.05) is 4.68 Å². The summed E-state index contributed by atoms with van der Waals surface area (Å²) in [5.74, 6) is 0.775. The van der Waals surface area contributed by atoms with Crippen molar-refractivity contribution in [3.63, 3.8) is 0 Å². The first-order chi connectivity index (χ1) is 10.2. The molecule has 0 aliphatic heterocycles. The first-order valence-corrected chi connectivity index (χ1v) is 8.09. The number of hydrogen-bond donors (Lipinski definition) is 1. The highest BCUT2D eigenvalue weighted by Gasteiger charge is 2.41. The maximum atomic E-state index is 6.67. The van der Waals surface area contributed by atoms with Crippen molar-refractivity contribution in [2.24, 2.45) is 5.73 Å². The molecule has 120 valence electrons. The van der Waals surface area contributed by atoms with E-state index in [0.29, 0.717) is 0 Å². The Morgan fingerprint density at radius 1 is 1.29 bits per heavy atom. The van der Waals surface area contributed by atoms with Gasteiger partial charge in [0, 0.05) is 13.7 Å². The molecule has 1 fully saturated rings. The Bertz CT molecular complexity index is 437. The van der Waals surface area contributed by atoms with E-state index in [-0.39, 0.29) is 11.6 Å². The van der Waals surface area contributed by atoms with Crippen LogP contribution in [0, 0.1) is 0 Å². The predicted molar refractivity (Wildman–Crippen MR) is 83.4 cm³/mol. The van der Waals surface area contributed by atoms with Gasteiger partial charge in [-0.1, -0.05) is 32.6 Å². The van der Waals surface area contributed by atoms with Gasteiger partial charge in [0.15, 0.2) is 5.75 Å². The van der Waals surface area contributed by atoms with Crippen LogP contribution in [0.4, 0.5) is 0 Å². The molecule has 1 aliphatic carbocycles. The second-order valence-electron chi connectivity index (χ2n) is 5.98. The number of rotatable bonds is 6. The van der Waals surface area contributed by atoms with Crippen LogP contribution in [-0.2, 0) is 11.3 Å². The van der Waals surface area contributed by atoms with Crippen molar-refractivity contribution >= 4 is 0 Å². The van der Waals surface area contributed by atoms with E-state index in [4.69, 9.17) is 15.2 Å². The summed E-state index contributed by atoms with van der Waals surface area (Å²) in [6, 6.07) is -0.204. The molecule has 1 aromatic heterocycles. The van der Waals surface area contributed by atoms with Crippen LogP contribution in [0.5, 0.6) is 5.75 Å². The highest BCUT2D eigenvalue weighted by Crippen LogP contribution is 2.41. The van der Waals surface area contributed by atoms with Crippen LogP contribution >= 0.6 is 0 Å². The molecule has 1 unspecified atom stereocenters. The Hall–Kier alpha value is -1.07. The third-order valence-corrected chi connectivity index (χ3v) is 4.72. The maximum absolute atomic E-state index is 6.67. The quantitative estimate of drug-likeness (QED) is 0.819. The van der Waals surface area contributed by atoms with Crippen molar-refractivity contribution in [3.8, 4) is 5.75 Å². The molecular formula is C16H29N3O2. The Kier molecular flexibility index (Phi) is 5.65. The van der Waals surface area contributed by atoms with Crippen LogP contribution in [0.25, 0.3) is 0 Å². The number of aromatic nitrogens is 2. The molecule has 21 heavy (non-hydrogen) atoms. The third kappa shape index (κ3) is 3.24. The monoisotopic (exact) mass is 295 g/mol. The van der Waals surface area contributed by atoms with E-state index in [9.17, 15) is 0 Å². The first kappa shape index (κ1) is 16.3. The topological polar surface area (TPSA) is 62.3 Å². The van der Waals surface area contributed by atoms with Crippen LogP contribution in [0.2, 0.25) is 0 Å². The fourth-order valence-electron chi connectivity index (χ4n) is 3.46. The molecule has 0 aromatic carbocycles. The minimum atomic E-state index is -0.296. The highest BCUT2D eigenvalue weighted by atomic mass is 16.5. The molecule has 2 N–H and O–H groups in total. The highest BCUT2D eigenvalue weighted by molar-refractivity contribution is 5.30. The van der Waals surface area contributed by atoms with Crippen molar-refractivity contribution in [2.75, 3.05) is 14.2 Å². The van der Waals surface area contributed by atoms with Crippen molar-refractivity contribution in [2.45, 2.75) is 70.1 Å². The van der Waals surface area contributed by atoms with Crippen LogP contribution < -0.4 is 10.5 Å². The zero-order chi connectivity index (χ0) is 15.3. The minimum absolute atomic E-state index is 0.204. The largest absolute Gasteiger partial charge is 0.493 e. The summed E-state index contributed by atoms with van der Waals surface area (Å²) >= 11 is 0. The third-order valence-electron chi connectivity index (χ3n) is 4.72. The van der Waals surface area contributed by atoms with Crippen molar-refractivity contribution in [3.05, 3.63) is 11.9 Å². The van der Waals surface area contributed by atoms with Crippen LogP contribution in [0.3, 0.4) is 0 Å². The molecule has 0 bridgehead atoms. The molecule has 1 saturated carbocycles. The lowest BCUT2D eigenvalue weighted by Crippen LogP contribution is -2.44. The second kappa shape index (κ2) is 7.27. The minimum Gasteiger partial charge on any atom is -0.493 e. The van der Waals surface area contributed by atoms with Crippen LogP contribution in [0.1, 0.15) is 63.6 Å². The average molecular weight is 295 g/mol. The van der Waals surface area contributed by atoms with Crippen LogP contribution in [-0.4, -0.2) is 29.6 Å². The van der Waals surface area contributed by atoms with E-state index in [0.717, 1.165) is 37.3 Å². The number of hydrogen-bond acceptors (Lipinski definition) is 4. The Balaban J connectivity index is 2.35. The number of methoxy groups -OCH3 is 2. The number of aryl methyl sites for hydroxylation is 1. The molecule has 0 radical (unpaired) electrons. The lowest BCUT2D eigenvalue weighted by atomic mass is 9.84. The molecule has 0 amide bonds. The fraction of sp³-hybridized carbons (Fsp3) is 0.812. The summed E-state index contributed by atoms with van der Waals surface area (Å²) in [4.78, 5) is 0. The Morgan fingerprint density at radius 2 is 1.95 bits per heavy atom. The van der Waals surface area contributed by atoms with Gasteiger partial charge >= 0.3 is 0 Å². The van der Waals surface area contributed by atoms with Gasteiger partial charge in [-0.2, -0.15) is 5.10 Å². The van der Waals surface area contributed by atoms with Gasteiger partial charge in [-0.05, 0) is 19.3 Å². The zero-order valence-electron chi connectivity index (χ0n) is 13.6. The Labute approximate surface area is 127 Å². The summed E-state index contributed by atoms with van der Waals surface area (Å²) in [6.07, 6.45) is 9.68. The van der Waals surface area contributed by atoms with Gasteiger partial charge in [0.1, 0.15) is 0 Å². The van der Waals surface area contributed by atoms with Crippen molar-refractivity contribution in [1.82, 2.24) is 9.78 Å². The van der Waals surface area contributed by atoms with Gasteiger partial charge in [0.05, 0.1) is 30.6 Å². The molecule has 5 nitrogen and oxygen atoms in total. The van der Waals surface area contributed by atoms with Crippen molar-refractivity contribution in [1.29, 1.82) is 0 Å². The standard InChI is InChI=1S/C16H29N3O2/c1-4-11-19-14(13(20-2)12-18-19)15(17)16(21-3)9-7-5-6-8-10-16/h12,15H,4-11,17H2,1-3H3. The Morgan fingerprint density at radius 3 is 2.48 bits per heavy atom. The van der Waals surface area contributed by atoms with Gasteiger partial charge < -0.3 is 15.2 Å². The molecule has 2 rings (SSSR count). The van der Waals surface area contributed by atoms with Crippen molar-refractivity contribution < 1.29 is 9.47 Å². The number of nitrogens with zero attached hydrogens (tertiary/aromatic N) is 2.